The zero-order chi connectivity index (χ0) is 19.6. The number of anilines is 2. The van der Waals surface area contributed by atoms with Crippen LogP contribution >= 0.6 is 0 Å². The van der Waals surface area contributed by atoms with Crippen LogP contribution < -0.4 is 16.0 Å². The molecule has 0 amide bonds. The fourth-order valence-electron chi connectivity index (χ4n) is 3.32. The lowest BCUT2D eigenvalue weighted by Crippen LogP contribution is -2.40. The number of aliphatic hydroxyl groups is 1. The molecule has 0 bridgehead atoms. The zero-order valence-electron chi connectivity index (χ0n) is 16.4. The molecule has 0 radical (unpaired) electrons. The SMILES string of the molecule is C=C/C=C(\CNc1cc(N2CCC(N)CC2)n2nc(C)cc2n1)C(C)(C)O. The molecule has 7 heteroatoms. The smallest absolute Gasteiger partial charge is 0.159 e. The Balaban J connectivity index is 1.90. The summed E-state index contributed by atoms with van der Waals surface area (Å²) >= 11 is 0. The summed E-state index contributed by atoms with van der Waals surface area (Å²) in [6.45, 7) is 11.5. The number of aromatic nitrogens is 3. The third-order valence-corrected chi connectivity index (χ3v) is 4.96. The predicted molar refractivity (Wildman–Crippen MR) is 110 cm³/mol. The molecule has 27 heavy (non-hydrogen) atoms. The first-order valence-corrected chi connectivity index (χ1v) is 9.44. The fraction of sp³-hybridized carbons (Fsp3) is 0.500. The summed E-state index contributed by atoms with van der Waals surface area (Å²) in [4.78, 5) is 7.00. The van der Waals surface area contributed by atoms with Gasteiger partial charge < -0.3 is 21.1 Å². The Morgan fingerprint density at radius 2 is 2.11 bits per heavy atom. The second-order valence-corrected chi connectivity index (χ2v) is 7.72. The summed E-state index contributed by atoms with van der Waals surface area (Å²) in [5.41, 5.74) is 7.71. The molecule has 2 aromatic heterocycles. The van der Waals surface area contributed by atoms with Crippen molar-refractivity contribution in [3.05, 3.63) is 42.1 Å². The average Bonchev–Trinajstić information content (AvgIpc) is 2.97. The molecule has 4 N–H and O–H groups in total. The number of fused-ring (bicyclic) bond motifs is 1. The normalized spacial score (nSPS) is 16.8. The molecule has 0 atom stereocenters. The third-order valence-electron chi connectivity index (χ3n) is 4.96. The van der Waals surface area contributed by atoms with E-state index in [9.17, 15) is 5.11 Å². The van der Waals surface area contributed by atoms with Crippen molar-refractivity contribution < 1.29 is 5.11 Å². The molecule has 0 unspecified atom stereocenters. The lowest BCUT2D eigenvalue weighted by Gasteiger charge is -2.32. The highest BCUT2D eigenvalue weighted by atomic mass is 16.3. The van der Waals surface area contributed by atoms with Gasteiger partial charge in [0.1, 0.15) is 11.6 Å². The molecule has 2 aromatic rings. The van der Waals surface area contributed by atoms with Crippen molar-refractivity contribution in [2.75, 3.05) is 29.9 Å². The second-order valence-electron chi connectivity index (χ2n) is 7.72. The molecule has 0 spiro atoms. The Kier molecular flexibility index (Phi) is 5.53. The van der Waals surface area contributed by atoms with E-state index in [1.54, 1.807) is 19.9 Å². The molecule has 146 valence electrons. The monoisotopic (exact) mass is 370 g/mol. The first-order valence-electron chi connectivity index (χ1n) is 9.44. The first-order chi connectivity index (χ1) is 12.8. The van der Waals surface area contributed by atoms with Crippen LogP contribution in [0, 0.1) is 6.92 Å². The maximum absolute atomic E-state index is 10.3. The highest BCUT2D eigenvalue weighted by Crippen LogP contribution is 2.24. The van der Waals surface area contributed by atoms with E-state index >= 15 is 0 Å². The number of nitrogens with one attached hydrogen (secondary N) is 1. The van der Waals surface area contributed by atoms with Gasteiger partial charge in [0.25, 0.3) is 0 Å². The van der Waals surface area contributed by atoms with Crippen molar-refractivity contribution in [3.8, 4) is 0 Å². The van der Waals surface area contributed by atoms with E-state index in [2.05, 4.69) is 26.9 Å². The molecule has 0 aliphatic carbocycles. The molecule has 0 saturated carbocycles. The summed E-state index contributed by atoms with van der Waals surface area (Å²) in [7, 11) is 0. The van der Waals surface area contributed by atoms with Crippen molar-refractivity contribution in [3.63, 3.8) is 0 Å². The molecule has 7 nitrogen and oxygen atoms in total. The quantitative estimate of drug-likeness (QED) is 0.676. The van der Waals surface area contributed by atoms with Gasteiger partial charge >= 0.3 is 0 Å². The van der Waals surface area contributed by atoms with E-state index in [-0.39, 0.29) is 6.04 Å². The average molecular weight is 371 g/mol. The van der Waals surface area contributed by atoms with E-state index in [0.717, 1.165) is 54.5 Å². The summed E-state index contributed by atoms with van der Waals surface area (Å²) in [6.07, 6.45) is 5.46. The highest BCUT2D eigenvalue weighted by molar-refractivity contribution is 5.59. The van der Waals surface area contributed by atoms with Gasteiger partial charge in [0.05, 0.1) is 11.3 Å². The molecule has 0 aromatic carbocycles. The number of hydrogen-bond acceptors (Lipinski definition) is 6. The second kappa shape index (κ2) is 7.70. The van der Waals surface area contributed by atoms with Crippen molar-refractivity contribution in [2.24, 2.45) is 5.73 Å². The van der Waals surface area contributed by atoms with Gasteiger partial charge in [-0.1, -0.05) is 18.7 Å². The predicted octanol–water partition coefficient (Wildman–Crippen LogP) is 2.26. The van der Waals surface area contributed by atoms with E-state index in [1.165, 1.54) is 0 Å². The largest absolute Gasteiger partial charge is 0.386 e. The zero-order valence-corrected chi connectivity index (χ0v) is 16.4. The van der Waals surface area contributed by atoms with Crippen LogP contribution in [0.1, 0.15) is 32.4 Å². The summed E-state index contributed by atoms with van der Waals surface area (Å²) < 4.78 is 1.90. The fourth-order valence-corrected chi connectivity index (χ4v) is 3.32. The Labute approximate surface area is 160 Å². The molecule has 3 heterocycles. The van der Waals surface area contributed by atoms with Gasteiger partial charge in [0.15, 0.2) is 5.65 Å². The van der Waals surface area contributed by atoms with Gasteiger partial charge in [-0.05, 0) is 39.2 Å². The van der Waals surface area contributed by atoms with Crippen LogP contribution in [-0.4, -0.2) is 51.0 Å². The number of nitrogens with two attached hydrogens (primary N) is 1. The minimum Gasteiger partial charge on any atom is -0.386 e. The van der Waals surface area contributed by atoms with Crippen LogP contribution in [0.15, 0.2) is 36.4 Å². The number of aryl methyl sites for hydroxylation is 1. The Morgan fingerprint density at radius 1 is 1.41 bits per heavy atom. The van der Waals surface area contributed by atoms with Crippen LogP contribution in [-0.2, 0) is 0 Å². The molecule has 1 fully saturated rings. The van der Waals surface area contributed by atoms with Crippen LogP contribution in [0.4, 0.5) is 11.6 Å². The van der Waals surface area contributed by atoms with Crippen LogP contribution in [0.25, 0.3) is 5.65 Å². The number of allylic oxidation sites excluding steroid dienone is 2. The van der Waals surface area contributed by atoms with Crippen molar-refractivity contribution in [1.29, 1.82) is 0 Å². The number of piperidine rings is 1. The number of nitrogens with zero attached hydrogens (tertiary/aromatic N) is 4. The highest BCUT2D eigenvalue weighted by Gasteiger charge is 2.21. The minimum absolute atomic E-state index is 0.272. The summed E-state index contributed by atoms with van der Waals surface area (Å²) in [5, 5.41) is 18.3. The van der Waals surface area contributed by atoms with Crippen LogP contribution in [0.2, 0.25) is 0 Å². The van der Waals surface area contributed by atoms with Crippen molar-refractivity contribution >= 4 is 17.3 Å². The first kappa shape index (κ1) is 19.4. The van der Waals surface area contributed by atoms with Crippen molar-refractivity contribution in [1.82, 2.24) is 14.6 Å². The minimum atomic E-state index is -0.926. The maximum Gasteiger partial charge on any atom is 0.159 e. The Morgan fingerprint density at radius 3 is 2.74 bits per heavy atom. The Hall–Kier alpha value is -2.38. The van der Waals surface area contributed by atoms with Crippen LogP contribution in [0.5, 0.6) is 0 Å². The summed E-state index contributed by atoms with van der Waals surface area (Å²) in [5.74, 6) is 1.77. The standard InChI is InChI=1S/C20H30N6O/c1-5-6-15(20(3,4)27)13-22-17-12-19(25-9-7-16(21)8-10-25)26-18(23-17)11-14(2)24-26/h5-6,11-12,16,27H,1,7-10,13,21H2,2-4H3,(H,22,23)/b15-6+. The number of rotatable bonds is 6. The lowest BCUT2D eigenvalue weighted by molar-refractivity contribution is 0.119. The summed E-state index contributed by atoms with van der Waals surface area (Å²) in [6, 6.07) is 4.27. The topological polar surface area (TPSA) is 91.7 Å². The van der Waals surface area contributed by atoms with Gasteiger partial charge in [-0.3, -0.25) is 0 Å². The van der Waals surface area contributed by atoms with Gasteiger partial charge in [0.2, 0.25) is 0 Å². The molecule has 1 aliphatic heterocycles. The molecular formula is C20H30N6O. The van der Waals surface area contributed by atoms with Crippen LogP contribution in [0.3, 0.4) is 0 Å². The number of hydrogen-bond donors (Lipinski definition) is 3. The van der Waals surface area contributed by atoms with Crippen molar-refractivity contribution in [2.45, 2.75) is 45.3 Å². The molecule has 1 saturated heterocycles. The van der Waals surface area contributed by atoms with E-state index in [1.807, 2.05) is 29.6 Å². The molecule has 3 rings (SSSR count). The Bertz CT molecular complexity index is 840. The maximum atomic E-state index is 10.3. The molecular weight excluding hydrogens is 340 g/mol. The van der Waals surface area contributed by atoms with Gasteiger partial charge in [-0.25, -0.2) is 4.98 Å². The van der Waals surface area contributed by atoms with E-state index < -0.39 is 5.60 Å². The molecule has 1 aliphatic rings. The lowest BCUT2D eigenvalue weighted by atomic mass is 9.97. The van der Waals surface area contributed by atoms with E-state index in [0.29, 0.717) is 6.54 Å². The van der Waals surface area contributed by atoms with Gasteiger partial charge in [-0.15, -0.1) is 0 Å². The van der Waals surface area contributed by atoms with Gasteiger partial charge in [0, 0.05) is 37.8 Å². The third kappa shape index (κ3) is 4.48. The van der Waals surface area contributed by atoms with E-state index in [4.69, 9.17) is 5.73 Å². The van der Waals surface area contributed by atoms with Gasteiger partial charge in [-0.2, -0.15) is 9.61 Å².